The van der Waals surface area contributed by atoms with Crippen molar-refractivity contribution in [3.63, 3.8) is 0 Å². The Kier molecular flexibility index (Phi) is 12.1. The van der Waals surface area contributed by atoms with Crippen molar-refractivity contribution in [2.75, 3.05) is 39.3 Å². The summed E-state index contributed by atoms with van der Waals surface area (Å²) in [5, 5.41) is 6.76. The van der Waals surface area contributed by atoms with Crippen LogP contribution in [0.1, 0.15) is 31.7 Å². The third kappa shape index (κ3) is 8.40. The van der Waals surface area contributed by atoms with Crippen LogP contribution in [0.2, 0.25) is 0 Å². The van der Waals surface area contributed by atoms with E-state index in [2.05, 4.69) is 35.1 Å². The standard InChI is InChI=1S/C20H32N4O.HI/c1-3-16-25-19-11-7-6-10-18(19)17-23-20(21-4-2)22-12-15-24-13-8-5-9-14-24;/h3,6-7,10-11H,1,4-5,8-9,12-17H2,2H3,(H2,21,22,23);1H. The summed E-state index contributed by atoms with van der Waals surface area (Å²) in [6.07, 6.45) is 5.79. The molecule has 2 N–H and O–H groups in total. The van der Waals surface area contributed by atoms with E-state index in [9.17, 15) is 0 Å². The third-order valence-electron chi connectivity index (χ3n) is 4.25. The van der Waals surface area contributed by atoms with Gasteiger partial charge in [0.15, 0.2) is 5.96 Å². The fourth-order valence-electron chi connectivity index (χ4n) is 2.95. The lowest BCUT2D eigenvalue weighted by Gasteiger charge is -2.26. The summed E-state index contributed by atoms with van der Waals surface area (Å²) in [6.45, 7) is 12.2. The van der Waals surface area contributed by atoms with Gasteiger partial charge in [-0.25, -0.2) is 4.99 Å². The molecule has 1 aliphatic rings. The van der Waals surface area contributed by atoms with Crippen LogP contribution < -0.4 is 15.4 Å². The van der Waals surface area contributed by atoms with Gasteiger partial charge in [-0.05, 0) is 38.9 Å². The van der Waals surface area contributed by atoms with Crippen molar-refractivity contribution in [1.82, 2.24) is 15.5 Å². The number of hydrogen-bond acceptors (Lipinski definition) is 3. The largest absolute Gasteiger partial charge is 0.489 e. The maximum Gasteiger partial charge on any atom is 0.191 e. The molecule has 0 spiro atoms. The minimum absolute atomic E-state index is 0. The van der Waals surface area contributed by atoms with Gasteiger partial charge >= 0.3 is 0 Å². The highest BCUT2D eigenvalue weighted by molar-refractivity contribution is 14.0. The second-order valence-corrected chi connectivity index (χ2v) is 6.23. The van der Waals surface area contributed by atoms with Gasteiger partial charge in [0.05, 0.1) is 6.54 Å². The SMILES string of the molecule is C=CCOc1ccccc1CN=C(NCC)NCCN1CCCCC1.I. The maximum absolute atomic E-state index is 5.70. The quantitative estimate of drug-likeness (QED) is 0.250. The van der Waals surface area contributed by atoms with E-state index in [1.165, 1.54) is 32.4 Å². The van der Waals surface area contributed by atoms with Gasteiger partial charge in [0, 0.05) is 25.2 Å². The van der Waals surface area contributed by atoms with Crippen molar-refractivity contribution >= 4 is 29.9 Å². The summed E-state index contributed by atoms with van der Waals surface area (Å²) in [5.41, 5.74) is 1.08. The van der Waals surface area contributed by atoms with Crippen molar-refractivity contribution in [2.45, 2.75) is 32.7 Å². The van der Waals surface area contributed by atoms with E-state index in [0.29, 0.717) is 13.2 Å². The van der Waals surface area contributed by atoms with Crippen LogP contribution in [0.25, 0.3) is 0 Å². The van der Waals surface area contributed by atoms with Gasteiger partial charge in [0.1, 0.15) is 12.4 Å². The average molecular weight is 472 g/mol. The number of likely N-dealkylation sites (tertiary alicyclic amines) is 1. The molecule has 6 heteroatoms. The second kappa shape index (κ2) is 13.9. The summed E-state index contributed by atoms with van der Waals surface area (Å²) in [7, 11) is 0. The Morgan fingerprint density at radius 1 is 1.23 bits per heavy atom. The Labute approximate surface area is 175 Å². The third-order valence-corrected chi connectivity index (χ3v) is 4.25. The molecule has 1 aromatic carbocycles. The molecule has 0 aromatic heterocycles. The Balaban J connectivity index is 0.00000338. The highest BCUT2D eigenvalue weighted by atomic mass is 127. The first-order valence-corrected chi connectivity index (χ1v) is 9.39. The van der Waals surface area contributed by atoms with E-state index in [1.807, 2.05) is 18.2 Å². The van der Waals surface area contributed by atoms with Crippen molar-refractivity contribution in [2.24, 2.45) is 4.99 Å². The van der Waals surface area contributed by atoms with Crippen LogP contribution in [0.15, 0.2) is 41.9 Å². The monoisotopic (exact) mass is 472 g/mol. The summed E-state index contributed by atoms with van der Waals surface area (Å²) >= 11 is 0. The number of benzene rings is 1. The molecule has 0 unspecified atom stereocenters. The van der Waals surface area contributed by atoms with E-state index in [1.54, 1.807) is 6.08 Å². The van der Waals surface area contributed by atoms with E-state index in [0.717, 1.165) is 36.9 Å². The molecule has 1 fully saturated rings. The minimum atomic E-state index is 0. The number of nitrogens with zero attached hydrogens (tertiary/aromatic N) is 2. The number of ether oxygens (including phenoxy) is 1. The first-order chi connectivity index (χ1) is 12.3. The summed E-state index contributed by atoms with van der Waals surface area (Å²) < 4.78 is 5.70. The van der Waals surface area contributed by atoms with E-state index >= 15 is 0 Å². The molecule has 1 heterocycles. The zero-order chi connectivity index (χ0) is 17.7. The molecule has 2 rings (SSSR count). The lowest BCUT2D eigenvalue weighted by Crippen LogP contribution is -2.42. The molecule has 0 amide bonds. The Bertz CT molecular complexity index is 544. The van der Waals surface area contributed by atoms with Crippen molar-refractivity contribution in [3.8, 4) is 5.75 Å². The Morgan fingerprint density at radius 3 is 2.73 bits per heavy atom. The van der Waals surface area contributed by atoms with Gasteiger partial charge in [0.2, 0.25) is 0 Å². The van der Waals surface area contributed by atoms with Crippen molar-refractivity contribution in [1.29, 1.82) is 0 Å². The number of guanidine groups is 1. The van der Waals surface area contributed by atoms with Crippen molar-refractivity contribution < 1.29 is 4.74 Å². The first-order valence-electron chi connectivity index (χ1n) is 9.39. The number of rotatable bonds is 9. The summed E-state index contributed by atoms with van der Waals surface area (Å²) in [6, 6.07) is 8.03. The molecule has 146 valence electrons. The smallest absolute Gasteiger partial charge is 0.191 e. The minimum Gasteiger partial charge on any atom is -0.489 e. The van der Waals surface area contributed by atoms with E-state index < -0.39 is 0 Å². The fourth-order valence-corrected chi connectivity index (χ4v) is 2.95. The number of nitrogens with one attached hydrogen (secondary N) is 2. The molecule has 0 atom stereocenters. The Morgan fingerprint density at radius 2 is 2.00 bits per heavy atom. The highest BCUT2D eigenvalue weighted by Crippen LogP contribution is 2.18. The number of hydrogen-bond donors (Lipinski definition) is 2. The van der Waals surface area contributed by atoms with Crippen LogP contribution in [0.3, 0.4) is 0 Å². The summed E-state index contributed by atoms with van der Waals surface area (Å²) in [5.74, 6) is 1.73. The molecule has 0 aliphatic carbocycles. The van der Waals surface area contributed by atoms with Crippen LogP contribution in [0.5, 0.6) is 5.75 Å². The van der Waals surface area contributed by atoms with Crippen LogP contribution in [0.4, 0.5) is 0 Å². The predicted molar refractivity (Wildman–Crippen MR) is 121 cm³/mol. The number of para-hydroxylation sites is 1. The van der Waals surface area contributed by atoms with Crippen LogP contribution in [-0.4, -0.2) is 50.2 Å². The lowest BCUT2D eigenvalue weighted by atomic mass is 10.1. The van der Waals surface area contributed by atoms with Gasteiger partial charge in [-0.2, -0.15) is 0 Å². The molecule has 1 saturated heterocycles. The van der Waals surface area contributed by atoms with E-state index in [-0.39, 0.29) is 24.0 Å². The molecule has 1 aromatic rings. The topological polar surface area (TPSA) is 48.9 Å². The molecular weight excluding hydrogens is 439 g/mol. The number of aliphatic imine (C=N–C) groups is 1. The normalized spacial score (nSPS) is 15.0. The summed E-state index contributed by atoms with van der Waals surface area (Å²) in [4.78, 5) is 7.23. The molecule has 0 bridgehead atoms. The van der Waals surface area contributed by atoms with Crippen molar-refractivity contribution in [3.05, 3.63) is 42.5 Å². The molecule has 0 radical (unpaired) electrons. The molecule has 0 saturated carbocycles. The molecule has 26 heavy (non-hydrogen) atoms. The van der Waals surface area contributed by atoms with Crippen LogP contribution >= 0.6 is 24.0 Å². The number of halogens is 1. The van der Waals surface area contributed by atoms with E-state index in [4.69, 9.17) is 9.73 Å². The van der Waals surface area contributed by atoms with Gasteiger partial charge in [-0.15, -0.1) is 24.0 Å². The van der Waals surface area contributed by atoms with Gasteiger partial charge in [-0.1, -0.05) is 37.3 Å². The zero-order valence-corrected chi connectivity index (χ0v) is 18.2. The lowest BCUT2D eigenvalue weighted by molar-refractivity contribution is 0.232. The van der Waals surface area contributed by atoms with Crippen LogP contribution in [-0.2, 0) is 6.54 Å². The molecule has 1 aliphatic heterocycles. The molecule has 5 nitrogen and oxygen atoms in total. The van der Waals surface area contributed by atoms with Gasteiger partial charge < -0.3 is 20.3 Å². The predicted octanol–water partition coefficient (Wildman–Crippen LogP) is 3.41. The zero-order valence-electron chi connectivity index (χ0n) is 15.9. The Hall–Kier alpha value is -1.28. The average Bonchev–Trinajstić information content (AvgIpc) is 2.66. The van der Waals surface area contributed by atoms with Gasteiger partial charge in [-0.3, -0.25) is 0 Å². The highest BCUT2D eigenvalue weighted by Gasteiger charge is 2.09. The fraction of sp³-hybridized carbons (Fsp3) is 0.550. The second-order valence-electron chi connectivity index (χ2n) is 6.23. The maximum atomic E-state index is 5.70. The molecular formula is C20H33IN4O. The van der Waals surface area contributed by atoms with Gasteiger partial charge in [0.25, 0.3) is 0 Å². The van der Waals surface area contributed by atoms with Crippen LogP contribution in [0, 0.1) is 0 Å². The number of piperidine rings is 1. The first kappa shape index (κ1) is 22.8.